The maximum atomic E-state index is 6.13. The monoisotopic (exact) mass is 273 g/mol. The average Bonchev–Trinajstić information content (AvgIpc) is 2.84. The standard InChI is InChI=1S/C14H12ClN3O/c1-8-9(4-3-5-10(8)15)13-16-11-6-7-12(19-2)17-14(11)18-13/h3-7H,1-2H3,(H,16,17,18). The number of fused-ring (bicyclic) bond motifs is 1. The van der Waals surface area contributed by atoms with E-state index >= 15 is 0 Å². The predicted molar refractivity (Wildman–Crippen MR) is 75.6 cm³/mol. The summed E-state index contributed by atoms with van der Waals surface area (Å²) in [5.74, 6) is 1.31. The highest BCUT2D eigenvalue weighted by molar-refractivity contribution is 6.31. The van der Waals surface area contributed by atoms with E-state index in [2.05, 4.69) is 15.0 Å². The van der Waals surface area contributed by atoms with Gasteiger partial charge in [-0.15, -0.1) is 0 Å². The number of halogens is 1. The number of rotatable bonds is 2. The van der Waals surface area contributed by atoms with Gasteiger partial charge in [-0.2, -0.15) is 4.98 Å². The van der Waals surface area contributed by atoms with Crippen LogP contribution in [0.1, 0.15) is 5.56 Å². The van der Waals surface area contributed by atoms with Crippen LogP contribution in [0, 0.1) is 6.92 Å². The van der Waals surface area contributed by atoms with E-state index in [9.17, 15) is 0 Å². The maximum absolute atomic E-state index is 6.13. The van der Waals surface area contributed by atoms with Gasteiger partial charge in [0.25, 0.3) is 0 Å². The van der Waals surface area contributed by atoms with Gasteiger partial charge in [0.1, 0.15) is 5.82 Å². The number of aromatic amines is 1. The van der Waals surface area contributed by atoms with Gasteiger partial charge in [-0.1, -0.05) is 23.7 Å². The van der Waals surface area contributed by atoms with Gasteiger partial charge in [0, 0.05) is 16.7 Å². The zero-order valence-electron chi connectivity index (χ0n) is 10.6. The summed E-state index contributed by atoms with van der Waals surface area (Å²) in [5, 5.41) is 0.725. The molecule has 1 N–H and O–H groups in total. The third-order valence-electron chi connectivity index (χ3n) is 3.05. The molecule has 0 atom stereocenters. The molecule has 0 amide bonds. The molecule has 3 aromatic rings. The van der Waals surface area contributed by atoms with Gasteiger partial charge in [0.05, 0.1) is 12.6 Å². The highest BCUT2D eigenvalue weighted by Gasteiger charge is 2.10. The van der Waals surface area contributed by atoms with E-state index in [4.69, 9.17) is 16.3 Å². The van der Waals surface area contributed by atoms with Gasteiger partial charge in [0.15, 0.2) is 5.65 Å². The SMILES string of the molecule is COc1ccc2[nH]c(-c3cccc(Cl)c3C)nc2n1. The molecule has 0 spiro atoms. The Morgan fingerprint density at radius 3 is 2.79 bits per heavy atom. The first-order valence-corrected chi connectivity index (χ1v) is 6.23. The number of methoxy groups -OCH3 is 1. The Hall–Kier alpha value is -2.07. The fraction of sp³-hybridized carbons (Fsp3) is 0.143. The number of pyridine rings is 1. The number of ether oxygens (including phenoxy) is 1. The Kier molecular flexibility index (Phi) is 2.87. The maximum Gasteiger partial charge on any atom is 0.215 e. The number of nitrogens with zero attached hydrogens (tertiary/aromatic N) is 2. The minimum Gasteiger partial charge on any atom is -0.481 e. The Bertz CT molecular complexity index is 752. The summed E-state index contributed by atoms with van der Waals surface area (Å²) < 4.78 is 5.09. The summed E-state index contributed by atoms with van der Waals surface area (Å²) in [6.45, 7) is 1.97. The molecule has 5 heteroatoms. The summed E-state index contributed by atoms with van der Waals surface area (Å²) in [6.07, 6.45) is 0. The lowest BCUT2D eigenvalue weighted by Gasteiger charge is -2.03. The number of benzene rings is 1. The lowest BCUT2D eigenvalue weighted by molar-refractivity contribution is 0.399. The molecule has 2 aromatic heterocycles. The van der Waals surface area contributed by atoms with E-state index in [1.165, 1.54) is 0 Å². The molecule has 0 saturated carbocycles. The molecule has 19 heavy (non-hydrogen) atoms. The summed E-state index contributed by atoms with van der Waals surface area (Å²) in [5.41, 5.74) is 3.48. The smallest absolute Gasteiger partial charge is 0.215 e. The lowest BCUT2D eigenvalue weighted by Crippen LogP contribution is -1.87. The second-order valence-electron chi connectivity index (χ2n) is 4.22. The minimum absolute atomic E-state index is 0.549. The molecule has 0 bridgehead atoms. The topological polar surface area (TPSA) is 50.8 Å². The highest BCUT2D eigenvalue weighted by Crippen LogP contribution is 2.28. The molecule has 0 aliphatic rings. The predicted octanol–water partition coefficient (Wildman–Crippen LogP) is 3.60. The van der Waals surface area contributed by atoms with E-state index in [0.29, 0.717) is 11.5 Å². The van der Waals surface area contributed by atoms with Crippen LogP contribution in [-0.4, -0.2) is 22.1 Å². The number of imidazole rings is 1. The number of nitrogens with one attached hydrogen (secondary N) is 1. The van der Waals surface area contributed by atoms with Gasteiger partial charge in [-0.3, -0.25) is 0 Å². The normalized spacial score (nSPS) is 10.9. The van der Waals surface area contributed by atoms with Crippen molar-refractivity contribution in [3.05, 3.63) is 40.9 Å². The van der Waals surface area contributed by atoms with Crippen LogP contribution in [0.15, 0.2) is 30.3 Å². The minimum atomic E-state index is 0.549. The molecule has 0 fully saturated rings. The fourth-order valence-electron chi connectivity index (χ4n) is 1.98. The molecule has 3 rings (SSSR count). The molecule has 96 valence electrons. The van der Waals surface area contributed by atoms with Crippen molar-refractivity contribution in [2.45, 2.75) is 6.92 Å². The van der Waals surface area contributed by atoms with Gasteiger partial charge < -0.3 is 9.72 Å². The Morgan fingerprint density at radius 1 is 1.16 bits per heavy atom. The van der Waals surface area contributed by atoms with Crippen molar-refractivity contribution in [2.24, 2.45) is 0 Å². The van der Waals surface area contributed by atoms with Crippen LogP contribution in [0.5, 0.6) is 5.88 Å². The van der Waals surface area contributed by atoms with Crippen molar-refractivity contribution < 1.29 is 4.74 Å². The van der Waals surface area contributed by atoms with Crippen LogP contribution in [0.25, 0.3) is 22.6 Å². The quantitative estimate of drug-likeness (QED) is 0.776. The Balaban J connectivity index is 2.18. The number of hydrogen-bond acceptors (Lipinski definition) is 3. The van der Waals surface area contributed by atoms with Gasteiger partial charge in [-0.05, 0) is 24.6 Å². The number of aromatic nitrogens is 3. The van der Waals surface area contributed by atoms with Gasteiger partial charge in [0.2, 0.25) is 5.88 Å². The van der Waals surface area contributed by atoms with Crippen molar-refractivity contribution in [3.63, 3.8) is 0 Å². The van der Waals surface area contributed by atoms with E-state index in [1.54, 1.807) is 13.2 Å². The number of H-pyrrole nitrogens is 1. The van der Waals surface area contributed by atoms with E-state index in [-0.39, 0.29) is 0 Å². The van der Waals surface area contributed by atoms with Gasteiger partial charge >= 0.3 is 0 Å². The van der Waals surface area contributed by atoms with E-state index < -0.39 is 0 Å². The molecule has 0 aliphatic carbocycles. The Morgan fingerprint density at radius 2 is 2.00 bits per heavy atom. The van der Waals surface area contributed by atoms with Crippen LogP contribution in [0.2, 0.25) is 5.02 Å². The van der Waals surface area contributed by atoms with Crippen molar-refractivity contribution in [1.82, 2.24) is 15.0 Å². The third kappa shape index (κ3) is 2.04. The molecule has 0 aliphatic heterocycles. The van der Waals surface area contributed by atoms with Crippen molar-refractivity contribution in [2.75, 3.05) is 7.11 Å². The Labute approximate surface area is 115 Å². The zero-order valence-corrected chi connectivity index (χ0v) is 11.3. The van der Waals surface area contributed by atoms with Crippen LogP contribution in [0.4, 0.5) is 0 Å². The second-order valence-corrected chi connectivity index (χ2v) is 4.63. The van der Waals surface area contributed by atoms with Crippen LogP contribution >= 0.6 is 11.6 Å². The van der Waals surface area contributed by atoms with Crippen LogP contribution < -0.4 is 4.74 Å². The first kappa shape index (κ1) is 12.0. The lowest BCUT2D eigenvalue weighted by atomic mass is 10.1. The molecule has 1 aromatic carbocycles. The summed E-state index contributed by atoms with van der Waals surface area (Å²) in [7, 11) is 1.59. The summed E-state index contributed by atoms with van der Waals surface area (Å²) >= 11 is 6.13. The second kappa shape index (κ2) is 4.55. The summed E-state index contributed by atoms with van der Waals surface area (Å²) in [6, 6.07) is 9.46. The van der Waals surface area contributed by atoms with Crippen LogP contribution in [-0.2, 0) is 0 Å². The highest BCUT2D eigenvalue weighted by atomic mass is 35.5. The zero-order chi connectivity index (χ0) is 13.4. The third-order valence-corrected chi connectivity index (χ3v) is 3.46. The first-order valence-electron chi connectivity index (χ1n) is 5.85. The first-order chi connectivity index (χ1) is 9.19. The molecule has 4 nitrogen and oxygen atoms in total. The van der Waals surface area contributed by atoms with Crippen molar-refractivity contribution in [3.8, 4) is 17.3 Å². The van der Waals surface area contributed by atoms with Crippen molar-refractivity contribution >= 4 is 22.8 Å². The van der Waals surface area contributed by atoms with Crippen molar-refractivity contribution in [1.29, 1.82) is 0 Å². The van der Waals surface area contributed by atoms with E-state index in [1.807, 2.05) is 31.2 Å². The van der Waals surface area contributed by atoms with E-state index in [0.717, 1.165) is 27.5 Å². The molecule has 2 heterocycles. The molecular weight excluding hydrogens is 262 g/mol. The molecule has 0 saturated heterocycles. The van der Waals surface area contributed by atoms with Crippen LogP contribution in [0.3, 0.4) is 0 Å². The summed E-state index contributed by atoms with van der Waals surface area (Å²) in [4.78, 5) is 12.0. The fourth-order valence-corrected chi connectivity index (χ4v) is 2.16. The number of hydrogen-bond donors (Lipinski definition) is 1. The average molecular weight is 274 g/mol. The molecule has 0 radical (unpaired) electrons. The van der Waals surface area contributed by atoms with Gasteiger partial charge in [-0.25, -0.2) is 4.98 Å². The molecule has 0 unspecified atom stereocenters. The molecular formula is C14H12ClN3O. The largest absolute Gasteiger partial charge is 0.481 e.